The number of amides is 1. The first kappa shape index (κ1) is 42.1. The first-order chi connectivity index (χ1) is 25.9. The van der Waals surface area contributed by atoms with Gasteiger partial charge in [-0.2, -0.15) is 5.26 Å². The number of nitriles is 1. The van der Waals surface area contributed by atoms with Crippen LogP contribution in [0.5, 0.6) is 11.5 Å². The number of ether oxygens (including phenoxy) is 3. The normalized spacial score (nSPS) is 13.4. The van der Waals surface area contributed by atoms with Crippen molar-refractivity contribution in [2.24, 2.45) is 5.92 Å². The fraction of sp³-hybridized carbons (Fsp3) is 0.415. The van der Waals surface area contributed by atoms with Crippen LogP contribution in [0.3, 0.4) is 0 Å². The van der Waals surface area contributed by atoms with Crippen molar-refractivity contribution in [1.82, 2.24) is 14.6 Å². The van der Waals surface area contributed by atoms with E-state index in [4.69, 9.17) is 23.3 Å². The number of hydrogen-bond donors (Lipinski definition) is 2. The number of methoxy groups -OCH3 is 2. The molecule has 4 rings (SSSR count). The third-order valence-corrected chi connectivity index (χ3v) is 11.2. The molecule has 3 atom stereocenters. The van der Waals surface area contributed by atoms with Crippen LogP contribution >= 0.6 is 8.53 Å². The fourth-order valence-corrected chi connectivity index (χ4v) is 8.10. The smallest absolute Gasteiger partial charge is 0.346 e. The second-order valence-corrected chi connectivity index (χ2v) is 14.8. The summed E-state index contributed by atoms with van der Waals surface area (Å²) in [7, 11) is 1.65. The Balaban J connectivity index is 1.87. The second kappa shape index (κ2) is 20.2. The standard InChI is InChI=1S/C41H52N5O7P/c1-28(2)46(29(3)4)54(52-24-12-23-42)53-30(5)33(25-32-26-43-40(48)45-39(32)44-31(6)47)27-51-41(34-13-10-9-11-14-34,35-15-19-37(49-7)20-16-35)36-17-21-38(50-8)22-18-36/h9-11,13-22,26,28-30,33H,12,24-25,27H2,1-8H3,(H2,43,44,45,47,48). The largest absolute Gasteiger partial charge is 0.497 e. The molecule has 0 radical (unpaired) electrons. The molecule has 1 amide bonds. The summed E-state index contributed by atoms with van der Waals surface area (Å²) in [6.07, 6.45) is 1.51. The average molecular weight is 758 g/mol. The van der Waals surface area contributed by atoms with Gasteiger partial charge in [0.05, 0.1) is 46.0 Å². The van der Waals surface area contributed by atoms with Gasteiger partial charge in [-0.05, 0) is 82.0 Å². The van der Waals surface area contributed by atoms with Gasteiger partial charge in [-0.1, -0.05) is 54.6 Å². The number of nitrogens with one attached hydrogen (secondary N) is 2. The van der Waals surface area contributed by atoms with E-state index in [0.717, 1.165) is 16.7 Å². The Morgan fingerprint density at radius 1 is 0.907 bits per heavy atom. The van der Waals surface area contributed by atoms with E-state index in [1.165, 1.54) is 13.1 Å². The van der Waals surface area contributed by atoms with E-state index in [2.05, 4.69) is 53.7 Å². The van der Waals surface area contributed by atoms with Crippen LogP contribution in [-0.4, -0.2) is 66.2 Å². The number of nitrogens with zero attached hydrogens (tertiary/aromatic N) is 3. The predicted octanol–water partition coefficient (Wildman–Crippen LogP) is 7.59. The highest BCUT2D eigenvalue weighted by Gasteiger charge is 2.40. The first-order valence-electron chi connectivity index (χ1n) is 18.0. The number of H-pyrrole nitrogens is 1. The summed E-state index contributed by atoms with van der Waals surface area (Å²) in [6, 6.07) is 28.0. The molecule has 12 nitrogen and oxygen atoms in total. The van der Waals surface area contributed by atoms with Crippen molar-refractivity contribution in [2.75, 3.05) is 32.8 Å². The molecular formula is C41H52N5O7P. The van der Waals surface area contributed by atoms with Crippen LogP contribution in [0.2, 0.25) is 0 Å². The molecular weight excluding hydrogens is 705 g/mol. The number of carbonyl (C=O) groups excluding carboxylic acids is 1. The van der Waals surface area contributed by atoms with Crippen molar-refractivity contribution in [1.29, 1.82) is 5.26 Å². The molecule has 3 unspecified atom stereocenters. The molecule has 13 heteroatoms. The van der Waals surface area contributed by atoms with Gasteiger partial charge < -0.3 is 28.6 Å². The zero-order valence-electron chi connectivity index (χ0n) is 32.4. The Hall–Kier alpha value is -4.63. The summed E-state index contributed by atoms with van der Waals surface area (Å²) in [6.45, 7) is 12.1. The van der Waals surface area contributed by atoms with E-state index < -0.39 is 25.9 Å². The number of anilines is 1. The maximum atomic E-state index is 12.3. The molecule has 1 aromatic heterocycles. The quantitative estimate of drug-likeness (QED) is 0.0525. The summed E-state index contributed by atoms with van der Waals surface area (Å²) < 4.78 is 33.7. The number of aromatic nitrogens is 2. The van der Waals surface area contributed by atoms with Crippen molar-refractivity contribution in [3.05, 3.63) is 118 Å². The fourth-order valence-electron chi connectivity index (χ4n) is 6.33. The highest BCUT2D eigenvalue weighted by atomic mass is 31.2. The SMILES string of the molecule is COc1ccc(C(OCC(Cc2cnc(=O)[nH]c2NC(C)=O)C(C)OP(OCCC#N)N(C(C)C)C(C)C)(c2ccccc2)c2ccc(OC)cc2)cc1. The van der Waals surface area contributed by atoms with Gasteiger partial charge in [-0.15, -0.1) is 0 Å². The molecule has 54 heavy (non-hydrogen) atoms. The van der Waals surface area contributed by atoms with Crippen LogP contribution in [0.4, 0.5) is 5.82 Å². The van der Waals surface area contributed by atoms with Gasteiger partial charge in [0.2, 0.25) is 5.91 Å². The van der Waals surface area contributed by atoms with E-state index in [1.807, 2.05) is 85.8 Å². The predicted molar refractivity (Wildman–Crippen MR) is 210 cm³/mol. The molecule has 0 fully saturated rings. The number of aromatic amines is 1. The number of benzene rings is 3. The van der Waals surface area contributed by atoms with Crippen molar-refractivity contribution >= 4 is 20.3 Å². The van der Waals surface area contributed by atoms with E-state index in [1.54, 1.807) is 14.2 Å². The Morgan fingerprint density at radius 2 is 1.46 bits per heavy atom. The van der Waals surface area contributed by atoms with E-state index in [0.29, 0.717) is 23.5 Å². The van der Waals surface area contributed by atoms with E-state index in [-0.39, 0.29) is 49.4 Å². The van der Waals surface area contributed by atoms with Crippen LogP contribution < -0.4 is 20.5 Å². The Morgan fingerprint density at radius 3 is 1.96 bits per heavy atom. The summed E-state index contributed by atoms with van der Waals surface area (Å²) in [5.74, 6) is 0.955. The van der Waals surface area contributed by atoms with Crippen LogP contribution in [-0.2, 0) is 30.6 Å². The lowest BCUT2D eigenvalue weighted by atomic mass is 9.79. The molecule has 0 saturated carbocycles. The molecule has 0 aliphatic carbocycles. The topological polar surface area (TPSA) is 148 Å². The van der Waals surface area contributed by atoms with Crippen molar-refractivity contribution in [3.63, 3.8) is 0 Å². The minimum Gasteiger partial charge on any atom is -0.497 e. The van der Waals surface area contributed by atoms with Crippen molar-refractivity contribution in [3.8, 4) is 17.6 Å². The zero-order chi connectivity index (χ0) is 39.3. The first-order valence-corrected chi connectivity index (χ1v) is 19.2. The van der Waals surface area contributed by atoms with Crippen LogP contribution in [0.25, 0.3) is 0 Å². The van der Waals surface area contributed by atoms with Gasteiger partial charge >= 0.3 is 5.69 Å². The van der Waals surface area contributed by atoms with Gasteiger partial charge in [0.25, 0.3) is 8.53 Å². The lowest BCUT2D eigenvalue weighted by Gasteiger charge is -2.40. The number of rotatable bonds is 20. The lowest BCUT2D eigenvalue weighted by Crippen LogP contribution is -2.39. The highest BCUT2D eigenvalue weighted by Crippen LogP contribution is 2.49. The molecule has 2 N–H and O–H groups in total. The van der Waals surface area contributed by atoms with Crippen molar-refractivity contribution < 1.29 is 28.1 Å². The third-order valence-electron chi connectivity index (χ3n) is 8.94. The third kappa shape index (κ3) is 10.7. The van der Waals surface area contributed by atoms with Crippen LogP contribution in [0.1, 0.15) is 70.2 Å². The lowest BCUT2D eigenvalue weighted by molar-refractivity contribution is -0.114. The molecule has 0 aliphatic heterocycles. The highest BCUT2D eigenvalue weighted by molar-refractivity contribution is 7.44. The van der Waals surface area contributed by atoms with E-state index >= 15 is 0 Å². The maximum Gasteiger partial charge on any atom is 0.346 e. The zero-order valence-corrected chi connectivity index (χ0v) is 33.3. The van der Waals surface area contributed by atoms with Crippen molar-refractivity contribution in [2.45, 2.75) is 78.2 Å². The Labute approximate surface area is 319 Å². The van der Waals surface area contributed by atoms with Gasteiger partial charge in [0, 0.05) is 36.7 Å². The monoisotopic (exact) mass is 757 g/mol. The van der Waals surface area contributed by atoms with Gasteiger partial charge in [-0.25, -0.2) is 14.4 Å². The summed E-state index contributed by atoms with van der Waals surface area (Å²) >= 11 is 0. The molecule has 0 spiro atoms. The maximum absolute atomic E-state index is 12.3. The summed E-state index contributed by atoms with van der Waals surface area (Å²) in [5.41, 5.74) is 1.53. The van der Waals surface area contributed by atoms with Gasteiger partial charge in [0.1, 0.15) is 22.9 Å². The van der Waals surface area contributed by atoms with Crippen LogP contribution in [0, 0.1) is 17.2 Å². The Bertz CT molecular complexity index is 1810. The summed E-state index contributed by atoms with van der Waals surface area (Å²) in [4.78, 5) is 31.2. The molecule has 288 valence electrons. The van der Waals surface area contributed by atoms with E-state index in [9.17, 15) is 14.9 Å². The molecule has 4 aromatic rings. The molecule has 0 aliphatic rings. The molecule has 0 saturated heterocycles. The Kier molecular flexibility index (Phi) is 15.7. The minimum atomic E-state index is -1.61. The number of carbonyl (C=O) groups is 1. The van der Waals surface area contributed by atoms with Gasteiger partial charge in [0.15, 0.2) is 0 Å². The average Bonchev–Trinajstić information content (AvgIpc) is 3.15. The molecule has 0 bridgehead atoms. The number of hydrogen-bond acceptors (Lipinski definition) is 10. The summed E-state index contributed by atoms with van der Waals surface area (Å²) in [5, 5.41) is 12.1. The second-order valence-electron chi connectivity index (χ2n) is 13.4. The molecule has 3 aromatic carbocycles. The van der Waals surface area contributed by atoms with Crippen LogP contribution in [0.15, 0.2) is 89.9 Å². The van der Waals surface area contributed by atoms with Gasteiger partial charge in [-0.3, -0.25) is 9.78 Å². The minimum absolute atomic E-state index is 0.0886. The molecule has 1 heterocycles.